The Balaban J connectivity index is 1.40. The molecule has 3 aromatic carbocycles. The number of halogens is 1. The van der Waals surface area contributed by atoms with Crippen LogP contribution in [-0.4, -0.2) is 18.1 Å². The molecule has 0 aliphatic heterocycles. The first-order valence-electron chi connectivity index (χ1n) is 9.34. The van der Waals surface area contributed by atoms with Crippen LogP contribution in [0.1, 0.15) is 9.67 Å². The van der Waals surface area contributed by atoms with Gasteiger partial charge in [-0.15, -0.1) is 11.3 Å². The number of fused-ring (bicyclic) bond motifs is 1. The molecule has 3 N–H and O–H groups in total. The second-order valence-electron chi connectivity index (χ2n) is 6.58. The summed E-state index contributed by atoms with van der Waals surface area (Å²) in [6, 6.07) is 23.0. The van der Waals surface area contributed by atoms with Crippen molar-refractivity contribution in [3.8, 4) is 5.75 Å². The van der Waals surface area contributed by atoms with E-state index in [1.54, 1.807) is 7.11 Å². The van der Waals surface area contributed by atoms with E-state index in [-0.39, 0.29) is 11.0 Å². The minimum atomic E-state index is -0.356. The van der Waals surface area contributed by atoms with E-state index in [2.05, 4.69) is 16.0 Å². The molecular formula is C23H18ClN3O2S2. The second kappa shape index (κ2) is 9.34. The summed E-state index contributed by atoms with van der Waals surface area (Å²) in [5.74, 6) is 0.352. The van der Waals surface area contributed by atoms with Crippen LogP contribution in [0.3, 0.4) is 0 Å². The van der Waals surface area contributed by atoms with E-state index >= 15 is 0 Å². The van der Waals surface area contributed by atoms with Gasteiger partial charge in [-0.1, -0.05) is 29.8 Å². The fourth-order valence-corrected chi connectivity index (χ4v) is 4.62. The number of amides is 1. The zero-order valence-corrected chi connectivity index (χ0v) is 18.8. The average molecular weight is 468 g/mol. The number of thiophene rings is 1. The van der Waals surface area contributed by atoms with Crippen LogP contribution in [0.2, 0.25) is 5.02 Å². The monoisotopic (exact) mass is 467 g/mol. The van der Waals surface area contributed by atoms with Gasteiger partial charge in [-0.3, -0.25) is 10.1 Å². The molecule has 0 saturated carbocycles. The van der Waals surface area contributed by atoms with Crippen molar-refractivity contribution in [2.75, 3.05) is 17.7 Å². The summed E-state index contributed by atoms with van der Waals surface area (Å²) in [5.41, 5.74) is 2.71. The number of carbonyl (C=O) groups is 1. The molecule has 5 nitrogen and oxygen atoms in total. The number of nitrogens with one attached hydrogen (secondary N) is 3. The predicted molar refractivity (Wildman–Crippen MR) is 133 cm³/mol. The number of benzene rings is 3. The summed E-state index contributed by atoms with van der Waals surface area (Å²) in [7, 11) is 1.60. The van der Waals surface area contributed by atoms with Gasteiger partial charge >= 0.3 is 0 Å². The van der Waals surface area contributed by atoms with E-state index < -0.39 is 0 Å². The average Bonchev–Trinajstić information content (AvgIpc) is 3.11. The Morgan fingerprint density at radius 3 is 2.35 bits per heavy atom. The second-order valence-corrected chi connectivity index (χ2v) is 8.42. The van der Waals surface area contributed by atoms with Crippen LogP contribution in [0.15, 0.2) is 72.8 Å². The highest BCUT2D eigenvalue weighted by Gasteiger charge is 2.18. The summed E-state index contributed by atoms with van der Waals surface area (Å²) in [6.45, 7) is 0. The lowest BCUT2D eigenvalue weighted by molar-refractivity contribution is 0.0982. The molecule has 4 rings (SSSR count). The van der Waals surface area contributed by atoms with Crippen molar-refractivity contribution in [3.05, 3.63) is 82.7 Å². The van der Waals surface area contributed by atoms with E-state index in [0.29, 0.717) is 15.6 Å². The number of rotatable bonds is 5. The van der Waals surface area contributed by atoms with Gasteiger partial charge in [0.25, 0.3) is 5.91 Å². The number of para-hydroxylation sites is 1. The Kier molecular flexibility index (Phi) is 6.36. The van der Waals surface area contributed by atoms with Gasteiger partial charge in [0.2, 0.25) is 0 Å². The van der Waals surface area contributed by atoms with Crippen molar-refractivity contribution in [1.82, 2.24) is 5.32 Å². The first kappa shape index (κ1) is 21.1. The minimum Gasteiger partial charge on any atom is -0.497 e. The Morgan fingerprint density at radius 2 is 1.65 bits per heavy atom. The molecule has 4 aromatic rings. The van der Waals surface area contributed by atoms with Crippen LogP contribution in [0.25, 0.3) is 10.1 Å². The number of carbonyl (C=O) groups excluding carboxylic acids is 1. The van der Waals surface area contributed by atoms with Gasteiger partial charge in [-0.25, -0.2) is 0 Å². The summed E-state index contributed by atoms with van der Waals surface area (Å²) >= 11 is 13.0. The lowest BCUT2D eigenvalue weighted by Crippen LogP contribution is -2.33. The van der Waals surface area contributed by atoms with Gasteiger partial charge in [0.1, 0.15) is 10.6 Å². The lowest BCUT2D eigenvalue weighted by atomic mass is 10.2. The van der Waals surface area contributed by atoms with Crippen molar-refractivity contribution in [1.29, 1.82) is 0 Å². The molecule has 8 heteroatoms. The largest absolute Gasteiger partial charge is 0.497 e. The van der Waals surface area contributed by atoms with E-state index in [4.69, 9.17) is 28.6 Å². The third kappa shape index (κ3) is 4.96. The lowest BCUT2D eigenvalue weighted by Gasteiger charge is -2.11. The Bertz CT molecular complexity index is 1240. The Labute approximate surface area is 194 Å². The van der Waals surface area contributed by atoms with Gasteiger partial charge in [-0.05, 0) is 66.8 Å². The van der Waals surface area contributed by atoms with Crippen molar-refractivity contribution in [2.24, 2.45) is 0 Å². The van der Waals surface area contributed by atoms with Crippen LogP contribution >= 0.6 is 35.2 Å². The van der Waals surface area contributed by atoms with Crippen LogP contribution in [0.5, 0.6) is 5.75 Å². The number of thiocarbonyl (C=S) groups is 1. The molecule has 0 saturated heterocycles. The molecule has 0 unspecified atom stereocenters. The number of anilines is 3. The molecular weight excluding hydrogens is 450 g/mol. The molecule has 0 bridgehead atoms. The summed E-state index contributed by atoms with van der Waals surface area (Å²) in [4.78, 5) is 13.1. The standard InChI is InChI=1S/C23H18ClN3O2S2/c1-29-17-11-12-18-19(13-17)31-21(20(18)24)22(28)27-23(30)26-16-9-7-15(8-10-16)25-14-5-3-2-4-6-14/h2-13,25H,1H3,(H2,26,27,28,30). The molecule has 31 heavy (non-hydrogen) atoms. The summed E-state index contributed by atoms with van der Waals surface area (Å²) in [5, 5.41) is 10.4. The zero-order valence-electron chi connectivity index (χ0n) is 16.4. The fraction of sp³-hybridized carbons (Fsp3) is 0.0435. The van der Waals surface area contributed by atoms with Gasteiger partial charge in [0.05, 0.1) is 12.1 Å². The maximum absolute atomic E-state index is 12.7. The van der Waals surface area contributed by atoms with Gasteiger partial charge in [0, 0.05) is 27.1 Å². The van der Waals surface area contributed by atoms with Crippen LogP contribution in [-0.2, 0) is 0 Å². The van der Waals surface area contributed by atoms with E-state index in [0.717, 1.165) is 27.1 Å². The molecule has 0 atom stereocenters. The van der Waals surface area contributed by atoms with Crippen LogP contribution in [0.4, 0.5) is 17.1 Å². The number of ether oxygens (including phenoxy) is 1. The molecule has 1 aromatic heterocycles. The van der Waals surface area contributed by atoms with Crippen molar-refractivity contribution in [3.63, 3.8) is 0 Å². The third-order valence-corrected chi connectivity index (χ3v) is 6.34. The van der Waals surface area contributed by atoms with Crippen molar-refractivity contribution >= 4 is 73.3 Å². The third-order valence-electron chi connectivity index (χ3n) is 4.48. The highest BCUT2D eigenvalue weighted by atomic mass is 35.5. The highest BCUT2D eigenvalue weighted by Crippen LogP contribution is 2.37. The predicted octanol–water partition coefficient (Wildman–Crippen LogP) is 6.43. The van der Waals surface area contributed by atoms with Crippen LogP contribution in [0, 0.1) is 0 Å². The minimum absolute atomic E-state index is 0.194. The molecule has 0 radical (unpaired) electrons. The normalized spacial score (nSPS) is 10.5. The zero-order chi connectivity index (χ0) is 21.8. The Morgan fingerprint density at radius 1 is 0.968 bits per heavy atom. The maximum Gasteiger partial charge on any atom is 0.269 e. The first-order chi connectivity index (χ1) is 15.0. The molecule has 0 fully saturated rings. The summed E-state index contributed by atoms with van der Waals surface area (Å²) < 4.78 is 6.10. The van der Waals surface area contributed by atoms with Crippen molar-refractivity contribution in [2.45, 2.75) is 0 Å². The molecule has 156 valence electrons. The molecule has 0 spiro atoms. The maximum atomic E-state index is 12.7. The smallest absolute Gasteiger partial charge is 0.269 e. The molecule has 0 aliphatic carbocycles. The summed E-state index contributed by atoms with van der Waals surface area (Å²) in [6.07, 6.45) is 0. The highest BCUT2D eigenvalue weighted by molar-refractivity contribution is 7.80. The molecule has 1 amide bonds. The van der Waals surface area contributed by atoms with E-state index in [1.807, 2.05) is 72.8 Å². The van der Waals surface area contributed by atoms with Crippen LogP contribution < -0.4 is 20.7 Å². The fourth-order valence-electron chi connectivity index (χ4n) is 2.97. The quantitative estimate of drug-likeness (QED) is 0.295. The molecule has 0 aliphatic rings. The van der Waals surface area contributed by atoms with Gasteiger partial charge in [0.15, 0.2) is 5.11 Å². The number of hydrogen-bond donors (Lipinski definition) is 3. The molecule has 1 heterocycles. The number of methoxy groups -OCH3 is 1. The van der Waals surface area contributed by atoms with E-state index in [9.17, 15) is 4.79 Å². The number of hydrogen-bond acceptors (Lipinski definition) is 5. The Hall–Kier alpha value is -3.13. The first-order valence-corrected chi connectivity index (χ1v) is 10.9. The van der Waals surface area contributed by atoms with Gasteiger partial charge < -0.3 is 15.4 Å². The van der Waals surface area contributed by atoms with Crippen molar-refractivity contribution < 1.29 is 9.53 Å². The topological polar surface area (TPSA) is 62.4 Å². The van der Waals surface area contributed by atoms with E-state index in [1.165, 1.54) is 11.3 Å². The SMILES string of the molecule is COc1ccc2c(Cl)c(C(=O)NC(=S)Nc3ccc(Nc4ccccc4)cc3)sc2c1. The van der Waals surface area contributed by atoms with Gasteiger partial charge in [-0.2, -0.15) is 0 Å².